The first-order chi connectivity index (χ1) is 20.2. The van der Waals surface area contributed by atoms with Gasteiger partial charge in [-0.15, -0.1) is 0 Å². The summed E-state index contributed by atoms with van der Waals surface area (Å²) in [4.78, 5) is 48.4. The topological polar surface area (TPSA) is 206 Å². The number of rotatable bonds is 15. The number of carboxylic acids is 3. The Hall–Kier alpha value is -4.56. The number of carboxylic acid groups (broad SMARTS) is 3. The van der Waals surface area contributed by atoms with Crippen LogP contribution in [0.5, 0.6) is 5.75 Å². The minimum absolute atomic E-state index is 0.0673. The summed E-state index contributed by atoms with van der Waals surface area (Å²) >= 11 is 0. The van der Waals surface area contributed by atoms with E-state index < -0.39 is 36.4 Å². The molecule has 0 atom stereocenters. The van der Waals surface area contributed by atoms with Crippen molar-refractivity contribution in [3.05, 3.63) is 64.0 Å². The lowest BCUT2D eigenvalue weighted by Gasteiger charge is -2.19. The van der Waals surface area contributed by atoms with E-state index in [1.54, 1.807) is 12.1 Å². The molecule has 0 fully saturated rings. The van der Waals surface area contributed by atoms with Crippen molar-refractivity contribution in [1.82, 2.24) is 14.5 Å². The molecule has 0 amide bonds. The SMILES string of the molecule is CCN(CC)CCn1c(Cc2ccc(OC(C)C)cc2)nc2cc([N+](=O)[O-])ccc21.O=C(O)CC(O)(CC(=O)O)C(=O)O. The average Bonchev–Trinajstić information content (AvgIpc) is 3.25. The smallest absolute Gasteiger partial charge is 0.336 e. The molecule has 0 radical (unpaired) electrons. The van der Waals surface area contributed by atoms with Gasteiger partial charge in [-0.25, -0.2) is 9.78 Å². The maximum atomic E-state index is 11.2. The van der Waals surface area contributed by atoms with E-state index in [1.807, 2.05) is 44.2 Å². The van der Waals surface area contributed by atoms with Crippen LogP contribution in [0.4, 0.5) is 5.69 Å². The zero-order chi connectivity index (χ0) is 32.3. The quantitative estimate of drug-likeness (QED) is 0.146. The van der Waals surface area contributed by atoms with Crippen molar-refractivity contribution in [2.45, 2.75) is 65.2 Å². The molecule has 3 aromatic rings. The zero-order valence-corrected chi connectivity index (χ0v) is 24.6. The number of ether oxygens (including phenoxy) is 1. The molecule has 234 valence electrons. The number of carbonyl (C=O) groups is 3. The number of hydrogen-bond acceptors (Lipinski definition) is 9. The molecule has 1 heterocycles. The van der Waals surface area contributed by atoms with Crippen LogP contribution in [0, 0.1) is 10.1 Å². The molecule has 2 aromatic carbocycles. The Labute approximate surface area is 248 Å². The third-order valence-corrected chi connectivity index (χ3v) is 6.50. The van der Waals surface area contributed by atoms with E-state index in [1.165, 1.54) is 0 Å². The number of nitro benzene ring substituents is 1. The van der Waals surface area contributed by atoms with Crippen molar-refractivity contribution >= 4 is 34.6 Å². The third-order valence-electron chi connectivity index (χ3n) is 6.50. The number of fused-ring (bicyclic) bond motifs is 1. The lowest BCUT2D eigenvalue weighted by Crippen LogP contribution is -2.42. The first-order valence-electron chi connectivity index (χ1n) is 13.7. The Kier molecular flexibility index (Phi) is 12.6. The lowest BCUT2D eigenvalue weighted by atomic mass is 9.96. The van der Waals surface area contributed by atoms with Gasteiger partial charge in [-0.2, -0.15) is 0 Å². The Morgan fingerprint density at radius 3 is 2.07 bits per heavy atom. The maximum absolute atomic E-state index is 11.2. The van der Waals surface area contributed by atoms with Crippen LogP contribution in [0.3, 0.4) is 0 Å². The lowest BCUT2D eigenvalue weighted by molar-refractivity contribution is -0.384. The predicted octanol–water partition coefficient (Wildman–Crippen LogP) is 3.42. The molecule has 1 aromatic heterocycles. The molecule has 0 bridgehead atoms. The molecule has 14 nitrogen and oxygen atoms in total. The summed E-state index contributed by atoms with van der Waals surface area (Å²) in [6.45, 7) is 12.0. The fourth-order valence-electron chi connectivity index (χ4n) is 4.30. The van der Waals surface area contributed by atoms with Crippen molar-refractivity contribution in [2.75, 3.05) is 19.6 Å². The van der Waals surface area contributed by atoms with Gasteiger partial charge in [-0.05, 0) is 50.7 Å². The van der Waals surface area contributed by atoms with Crippen molar-refractivity contribution in [3.63, 3.8) is 0 Å². The summed E-state index contributed by atoms with van der Waals surface area (Å²) in [5.41, 5.74) is 0.0520. The van der Waals surface area contributed by atoms with Crippen LogP contribution in [-0.4, -0.2) is 89.0 Å². The molecule has 0 unspecified atom stereocenters. The largest absolute Gasteiger partial charge is 0.491 e. The van der Waals surface area contributed by atoms with E-state index in [2.05, 4.69) is 23.3 Å². The highest BCUT2D eigenvalue weighted by molar-refractivity contribution is 5.88. The predicted molar refractivity (Wildman–Crippen MR) is 156 cm³/mol. The normalized spacial score (nSPS) is 11.3. The molecule has 0 spiro atoms. The van der Waals surface area contributed by atoms with Crippen LogP contribution in [-0.2, 0) is 27.3 Å². The number of benzene rings is 2. The van der Waals surface area contributed by atoms with Gasteiger partial charge in [0, 0.05) is 31.6 Å². The van der Waals surface area contributed by atoms with Gasteiger partial charge >= 0.3 is 17.9 Å². The highest BCUT2D eigenvalue weighted by Gasteiger charge is 2.40. The molecule has 43 heavy (non-hydrogen) atoms. The van der Waals surface area contributed by atoms with E-state index in [-0.39, 0.29) is 16.7 Å². The fourth-order valence-corrected chi connectivity index (χ4v) is 4.30. The van der Waals surface area contributed by atoms with Crippen LogP contribution >= 0.6 is 0 Å². The summed E-state index contributed by atoms with van der Waals surface area (Å²) in [7, 11) is 0. The van der Waals surface area contributed by atoms with Gasteiger partial charge in [0.1, 0.15) is 11.6 Å². The van der Waals surface area contributed by atoms with Gasteiger partial charge in [0.15, 0.2) is 5.60 Å². The maximum Gasteiger partial charge on any atom is 0.336 e. The van der Waals surface area contributed by atoms with E-state index >= 15 is 0 Å². The zero-order valence-electron chi connectivity index (χ0n) is 24.6. The van der Waals surface area contributed by atoms with Gasteiger partial charge in [0.2, 0.25) is 0 Å². The fraction of sp³-hybridized carbons (Fsp3) is 0.448. The summed E-state index contributed by atoms with van der Waals surface area (Å²) in [6.07, 6.45) is -1.50. The van der Waals surface area contributed by atoms with E-state index in [0.29, 0.717) is 11.9 Å². The van der Waals surface area contributed by atoms with Gasteiger partial charge in [-0.3, -0.25) is 19.7 Å². The van der Waals surface area contributed by atoms with Crippen LogP contribution in [0.25, 0.3) is 11.0 Å². The van der Waals surface area contributed by atoms with Crippen molar-refractivity contribution in [3.8, 4) is 5.75 Å². The molecule has 0 aliphatic carbocycles. The number of aliphatic hydroxyl groups is 1. The second-order valence-electron chi connectivity index (χ2n) is 10.1. The van der Waals surface area contributed by atoms with E-state index in [4.69, 9.17) is 30.1 Å². The summed E-state index contributed by atoms with van der Waals surface area (Å²) in [5.74, 6) is -3.26. The Morgan fingerprint density at radius 1 is 1.02 bits per heavy atom. The Bertz CT molecular complexity index is 1400. The first-order valence-corrected chi connectivity index (χ1v) is 13.7. The molecule has 0 aliphatic rings. The summed E-state index contributed by atoms with van der Waals surface area (Å²) in [6, 6.07) is 13.0. The van der Waals surface area contributed by atoms with Gasteiger partial charge in [-0.1, -0.05) is 26.0 Å². The standard InChI is InChI=1S/C23H30N4O3.C6H8O7/c1-5-25(6-2)13-14-26-22-12-9-19(27(28)29)16-21(22)24-23(26)15-18-7-10-20(11-8-18)30-17(3)4;7-3(8)1-6(13,5(11)12)2-4(9)10/h7-12,16-17H,5-6,13-15H2,1-4H3;13H,1-2H2,(H,7,8)(H,9,10)(H,11,12). The number of hydrogen-bond donors (Lipinski definition) is 4. The number of imidazole rings is 1. The summed E-state index contributed by atoms with van der Waals surface area (Å²) in [5, 5.41) is 45.0. The number of nitrogens with zero attached hydrogens (tertiary/aromatic N) is 4. The van der Waals surface area contributed by atoms with Crippen molar-refractivity contribution in [2.24, 2.45) is 0 Å². The third kappa shape index (κ3) is 10.3. The van der Waals surface area contributed by atoms with E-state index in [0.717, 1.165) is 48.8 Å². The number of nitro groups is 1. The van der Waals surface area contributed by atoms with Gasteiger partial charge in [0.05, 0.1) is 34.9 Å². The average molecular weight is 603 g/mol. The minimum atomic E-state index is -2.74. The van der Waals surface area contributed by atoms with Crippen molar-refractivity contribution in [1.29, 1.82) is 0 Å². The minimum Gasteiger partial charge on any atom is -0.491 e. The Morgan fingerprint density at radius 2 is 1.60 bits per heavy atom. The van der Waals surface area contributed by atoms with Gasteiger partial charge in [0.25, 0.3) is 5.69 Å². The summed E-state index contributed by atoms with van der Waals surface area (Å²) < 4.78 is 7.92. The molecule has 4 N–H and O–H groups in total. The Balaban J connectivity index is 0.000000420. The highest BCUT2D eigenvalue weighted by atomic mass is 16.6. The second kappa shape index (κ2) is 15.6. The number of aromatic nitrogens is 2. The number of likely N-dealkylation sites (N-methyl/N-ethyl adjacent to an activating group) is 1. The molecule has 3 rings (SSSR count). The first kappa shape index (κ1) is 34.6. The van der Waals surface area contributed by atoms with Gasteiger partial charge < -0.3 is 34.6 Å². The number of aliphatic carboxylic acids is 3. The van der Waals surface area contributed by atoms with Crippen LogP contribution in [0.1, 0.15) is 51.9 Å². The van der Waals surface area contributed by atoms with Crippen LogP contribution < -0.4 is 4.74 Å². The highest BCUT2D eigenvalue weighted by Crippen LogP contribution is 2.24. The molecule has 14 heteroatoms. The van der Waals surface area contributed by atoms with Crippen molar-refractivity contribution < 1.29 is 44.5 Å². The molecular formula is C29H38N4O10. The van der Waals surface area contributed by atoms with Crippen LogP contribution in [0.15, 0.2) is 42.5 Å². The van der Waals surface area contributed by atoms with E-state index in [9.17, 15) is 24.5 Å². The van der Waals surface area contributed by atoms with Crippen LogP contribution in [0.2, 0.25) is 0 Å². The number of non-ortho nitro benzene ring substituents is 1. The molecule has 0 aliphatic heterocycles. The second-order valence-corrected chi connectivity index (χ2v) is 10.1. The molecular weight excluding hydrogens is 564 g/mol. The molecule has 0 saturated heterocycles. The molecule has 0 saturated carbocycles. The monoisotopic (exact) mass is 602 g/mol.